The van der Waals surface area contributed by atoms with E-state index in [1.165, 1.54) is 27.5 Å². The molecule has 0 radical (unpaired) electrons. The molecule has 0 unspecified atom stereocenters. The van der Waals surface area contributed by atoms with Crippen LogP contribution in [0.5, 0.6) is 0 Å². The van der Waals surface area contributed by atoms with Crippen LogP contribution in [0, 0.1) is 0 Å². The summed E-state index contributed by atoms with van der Waals surface area (Å²) in [6.07, 6.45) is 9.29. The van der Waals surface area contributed by atoms with Crippen LogP contribution in [-0.2, 0) is 6.42 Å². The van der Waals surface area contributed by atoms with Crippen LogP contribution in [0.4, 0.5) is 0 Å². The summed E-state index contributed by atoms with van der Waals surface area (Å²) >= 11 is 0. The molecule has 0 saturated carbocycles. The molecule has 0 saturated heterocycles. The van der Waals surface area contributed by atoms with Crippen molar-refractivity contribution in [2.75, 3.05) is 0 Å². The molecule has 0 atom stereocenters. The summed E-state index contributed by atoms with van der Waals surface area (Å²) in [5.74, 6) is 0.574. The molecule has 0 fully saturated rings. The SMILES string of the molecule is CC.CC(C)c1ccc2cc3c(cc2c1)C=C=C/C=C\C3. The zero-order valence-corrected chi connectivity index (χ0v) is 13.5. The van der Waals surface area contributed by atoms with Crippen LogP contribution >= 0.6 is 0 Å². The number of benzene rings is 2. The average Bonchev–Trinajstić information content (AvgIpc) is 2.48. The molecule has 0 aliphatic heterocycles. The maximum Gasteiger partial charge on any atom is -0.00877 e. The Morgan fingerprint density at radius 3 is 2.57 bits per heavy atom. The Kier molecular flexibility index (Phi) is 5.20. The highest BCUT2D eigenvalue weighted by Crippen LogP contribution is 2.26. The molecule has 0 N–H and O–H groups in total. The number of rotatable bonds is 1. The van der Waals surface area contributed by atoms with Crippen LogP contribution < -0.4 is 0 Å². The maximum absolute atomic E-state index is 3.21. The van der Waals surface area contributed by atoms with Gasteiger partial charge >= 0.3 is 0 Å². The van der Waals surface area contributed by atoms with Gasteiger partial charge in [-0.2, -0.15) is 0 Å². The minimum atomic E-state index is 0.574. The topological polar surface area (TPSA) is 0 Å². The van der Waals surface area contributed by atoms with Crippen molar-refractivity contribution in [3.05, 3.63) is 71.0 Å². The van der Waals surface area contributed by atoms with Crippen molar-refractivity contribution >= 4 is 16.8 Å². The number of fused-ring (bicyclic) bond motifs is 2. The lowest BCUT2D eigenvalue weighted by Gasteiger charge is -2.10. The predicted molar refractivity (Wildman–Crippen MR) is 94.8 cm³/mol. The Hall–Kier alpha value is -2.04. The van der Waals surface area contributed by atoms with Crippen LogP contribution in [-0.4, -0.2) is 0 Å². The number of allylic oxidation sites excluding steroid dienone is 3. The first-order valence-electron chi connectivity index (χ1n) is 7.88. The monoisotopic (exact) mass is 276 g/mol. The second kappa shape index (κ2) is 7.11. The molecule has 2 aromatic carbocycles. The Balaban J connectivity index is 0.000000774. The predicted octanol–water partition coefficient (Wildman–Crippen LogP) is 6.27. The van der Waals surface area contributed by atoms with Crippen LogP contribution in [0.1, 0.15) is 50.3 Å². The highest BCUT2D eigenvalue weighted by atomic mass is 14.1. The van der Waals surface area contributed by atoms with Crippen molar-refractivity contribution < 1.29 is 0 Å². The van der Waals surface area contributed by atoms with Crippen LogP contribution in [0.25, 0.3) is 16.8 Å². The quantitative estimate of drug-likeness (QED) is 0.538. The molecule has 0 aromatic heterocycles. The summed E-state index contributed by atoms with van der Waals surface area (Å²) in [6, 6.07) is 11.4. The van der Waals surface area contributed by atoms with Gasteiger partial charge in [-0.25, -0.2) is 0 Å². The summed E-state index contributed by atoms with van der Waals surface area (Å²) < 4.78 is 0. The molecule has 0 bridgehead atoms. The van der Waals surface area contributed by atoms with Crippen molar-refractivity contribution in [1.82, 2.24) is 0 Å². The van der Waals surface area contributed by atoms with E-state index < -0.39 is 0 Å². The third-order valence-corrected chi connectivity index (χ3v) is 3.69. The van der Waals surface area contributed by atoms with E-state index in [1.807, 2.05) is 19.9 Å². The van der Waals surface area contributed by atoms with E-state index in [1.54, 1.807) is 0 Å². The molecule has 3 rings (SSSR count). The van der Waals surface area contributed by atoms with E-state index in [-0.39, 0.29) is 0 Å². The van der Waals surface area contributed by atoms with Gasteiger partial charge in [-0.15, -0.1) is 5.73 Å². The molecule has 1 aliphatic carbocycles. The lowest BCUT2D eigenvalue weighted by atomic mass is 9.94. The first-order valence-corrected chi connectivity index (χ1v) is 7.88. The van der Waals surface area contributed by atoms with Crippen molar-refractivity contribution in [2.45, 2.75) is 40.0 Å². The standard InChI is InChI=1S/C19H18.C2H6/c1-14(2)15-9-10-18-12-16-7-5-3-4-6-8-17(16)13-19(18)11-15;1-2/h3-5,8-14H,7H2,1-2H3;1-2H3/b5-3-;. The molecule has 0 heterocycles. The smallest absolute Gasteiger partial charge is 0.00877 e. The van der Waals surface area contributed by atoms with E-state index >= 15 is 0 Å². The second-order valence-corrected chi connectivity index (χ2v) is 5.42. The van der Waals surface area contributed by atoms with Crippen LogP contribution in [0.15, 0.2) is 54.3 Å². The first kappa shape index (κ1) is 15.4. The zero-order valence-electron chi connectivity index (χ0n) is 13.5. The van der Waals surface area contributed by atoms with Gasteiger partial charge in [0.05, 0.1) is 0 Å². The van der Waals surface area contributed by atoms with Crippen LogP contribution in [0.2, 0.25) is 0 Å². The van der Waals surface area contributed by atoms with Gasteiger partial charge in [0.25, 0.3) is 0 Å². The molecule has 0 amide bonds. The fraction of sp³-hybridized carbons (Fsp3) is 0.286. The van der Waals surface area contributed by atoms with Crippen LogP contribution in [0.3, 0.4) is 0 Å². The van der Waals surface area contributed by atoms with Crippen molar-refractivity contribution in [2.24, 2.45) is 0 Å². The van der Waals surface area contributed by atoms with E-state index in [0.29, 0.717) is 5.92 Å². The summed E-state index contributed by atoms with van der Waals surface area (Å²) in [7, 11) is 0. The van der Waals surface area contributed by atoms with Gasteiger partial charge in [0, 0.05) is 0 Å². The van der Waals surface area contributed by atoms with Gasteiger partial charge in [0.1, 0.15) is 0 Å². The third-order valence-electron chi connectivity index (χ3n) is 3.69. The minimum Gasteiger partial charge on any atom is -0.120 e. The van der Waals surface area contributed by atoms with Crippen molar-refractivity contribution in [3.63, 3.8) is 0 Å². The number of hydrogen-bond donors (Lipinski definition) is 0. The van der Waals surface area contributed by atoms with E-state index in [9.17, 15) is 0 Å². The summed E-state index contributed by atoms with van der Waals surface area (Å²) in [5.41, 5.74) is 7.27. The Morgan fingerprint density at radius 2 is 1.81 bits per heavy atom. The van der Waals surface area contributed by atoms with Gasteiger partial charge in [0.15, 0.2) is 0 Å². The fourth-order valence-corrected chi connectivity index (χ4v) is 2.51. The summed E-state index contributed by atoms with van der Waals surface area (Å²) in [5, 5.41) is 2.65. The largest absolute Gasteiger partial charge is 0.120 e. The van der Waals surface area contributed by atoms with Gasteiger partial charge in [-0.05, 0) is 58.0 Å². The number of hydrogen-bond acceptors (Lipinski definition) is 0. The molecule has 0 heteroatoms. The van der Waals surface area contributed by atoms with E-state index in [2.05, 4.69) is 68.1 Å². The Bertz CT molecular complexity index is 708. The summed E-state index contributed by atoms with van der Waals surface area (Å²) in [4.78, 5) is 0. The second-order valence-electron chi connectivity index (χ2n) is 5.42. The average molecular weight is 276 g/mol. The molecule has 2 aromatic rings. The molecular weight excluding hydrogens is 252 g/mol. The van der Waals surface area contributed by atoms with Crippen molar-refractivity contribution in [3.8, 4) is 0 Å². The lowest BCUT2D eigenvalue weighted by Crippen LogP contribution is -1.91. The summed E-state index contributed by atoms with van der Waals surface area (Å²) in [6.45, 7) is 8.48. The molecule has 21 heavy (non-hydrogen) atoms. The maximum atomic E-state index is 3.21. The van der Waals surface area contributed by atoms with Gasteiger partial charge in [-0.3, -0.25) is 0 Å². The molecule has 1 aliphatic rings. The minimum absolute atomic E-state index is 0.574. The van der Waals surface area contributed by atoms with E-state index in [0.717, 1.165) is 6.42 Å². The Labute approximate surface area is 128 Å². The normalized spacial score (nSPS) is 14.1. The van der Waals surface area contributed by atoms with Gasteiger partial charge in [-0.1, -0.05) is 64.1 Å². The van der Waals surface area contributed by atoms with Gasteiger partial charge in [0.2, 0.25) is 0 Å². The highest BCUT2D eigenvalue weighted by molar-refractivity contribution is 5.87. The molecular formula is C21H24. The lowest BCUT2D eigenvalue weighted by molar-refractivity contribution is 0.869. The molecule has 0 spiro atoms. The van der Waals surface area contributed by atoms with E-state index in [4.69, 9.17) is 0 Å². The zero-order chi connectivity index (χ0) is 15.2. The Morgan fingerprint density at radius 1 is 1.00 bits per heavy atom. The highest BCUT2D eigenvalue weighted by Gasteiger charge is 2.05. The van der Waals surface area contributed by atoms with Gasteiger partial charge < -0.3 is 0 Å². The third kappa shape index (κ3) is 3.54. The van der Waals surface area contributed by atoms with Crippen molar-refractivity contribution in [1.29, 1.82) is 0 Å². The fourth-order valence-electron chi connectivity index (χ4n) is 2.51. The molecule has 108 valence electrons. The first-order chi connectivity index (χ1) is 10.2. The molecule has 0 nitrogen and oxygen atoms in total.